The molecule has 104 valence electrons. The van der Waals surface area contributed by atoms with Gasteiger partial charge in [-0.1, -0.05) is 35.9 Å². The van der Waals surface area contributed by atoms with E-state index in [1.165, 1.54) is 10.9 Å². The van der Waals surface area contributed by atoms with Crippen molar-refractivity contribution in [3.63, 3.8) is 0 Å². The topological polar surface area (TPSA) is 81.2 Å². The van der Waals surface area contributed by atoms with Gasteiger partial charge in [0.1, 0.15) is 6.54 Å². The second-order valence-corrected chi connectivity index (χ2v) is 4.37. The fraction of sp³-hybridized carbons (Fsp3) is 0.214. The van der Waals surface area contributed by atoms with Crippen LogP contribution in [0.15, 0.2) is 30.6 Å². The molecule has 20 heavy (non-hydrogen) atoms. The highest BCUT2D eigenvalue weighted by molar-refractivity contribution is 5.71. The van der Waals surface area contributed by atoms with Crippen LogP contribution >= 0.6 is 0 Å². The van der Waals surface area contributed by atoms with E-state index < -0.39 is 4.92 Å². The first-order valence-electron chi connectivity index (χ1n) is 6.17. The Morgan fingerprint density at radius 3 is 2.65 bits per heavy atom. The lowest BCUT2D eigenvalue weighted by molar-refractivity contribution is -0.392. The number of rotatable bonds is 5. The van der Waals surface area contributed by atoms with Crippen LogP contribution in [0.2, 0.25) is 0 Å². The summed E-state index contributed by atoms with van der Waals surface area (Å²) in [5.41, 5.74) is 2.38. The molecule has 0 unspecified atom stereocenters. The molecule has 0 spiro atoms. The number of nitro groups is 1. The number of hydrogen-bond donors (Lipinski definition) is 1. The van der Waals surface area contributed by atoms with Crippen molar-refractivity contribution in [2.45, 2.75) is 13.5 Å². The Labute approximate surface area is 116 Å². The van der Waals surface area contributed by atoms with Crippen LogP contribution in [0.25, 0.3) is 12.2 Å². The fourth-order valence-electron chi connectivity index (χ4n) is 1.83. The molecule has 1 N–H and O–H groups in total. The van der Waals surface area contributed by atoms with Crippen molar-refractivity contribution >= 4 is 18.0 Å². The number of benzene rings is 1. The van der Waals surface area contributed by atoms with E-state index in [-0.39, 0.29) is 24.7 Å². The predicted octanol–water partition coefficient (Wildman–Crippen LogP) is 2.26. The van der Waals surface area contributed by atoms with E-state index in [1.807, 2.05) is 31.2 Å². The lowest BCUT2D eigenvalue weighted by Crippen LogP contribution is -2.05. The van der Waals surface area contributed by atoms with Crippen molar-refractivity contribution in [2.24, 2.45) is 0 Å². The van der Waals surface area contributed by atoms with Gasteiger partial charge >= 0.3 is 5.82 Å². The molecular formula is C14H15N3O3. The zero-order chi connectivity index (χ0) is 14.5. The van der Waals surface area contributed by atoms with Crippen LogP contribution in [-0.2, 0) is 6.54 Å². The summed E-state index contributed by atoms with van der Waals surface area (Å²) < 4.78 is 1.33. The molecule has 1 aromatic heterocycles. The van der Waals surface area contributed by atoms with E-state index in [0.29, 0.717) is 0 Å². The molecule has 2 aromatic rings. The summed E-state index contributed by atoms with van der Waals surface area (Å²) >= 11 is 0. The monoisotopic (exact) mass is 273 g/mol. The SMILES string of the molecule is Cc1ccc(/C=C/c2ncn(CCO)c2[N+](=O)[O-])cc1. The smallest absolute Gasteiger partial charge is 0.350 e. The summed E-state index contributed by atoms with van der Waals surface area (Å²) in [6, 6.07) is 7.81. The molecular weight excluding hydrogens is 258 g/mol. The van der Waals surface area contributed by atoms with E-state index in [1.54, 1.807) is 12.2 Å². The minimum atomic E-state index is -0.489. The van der Waals surface area contributed by atoms with Crippen LogP contribution in [0.3, 0.4) is 0 Å². The Morgan fingerprint density at radius 2 is 2.05 bits per heavy atom. The molecule has 0 fully saturated rings. The summed E-state index contributed by atoms with van der Waals surface area (Å²) in [4.78, 5) is 14.6. The maximum absolute atomic E-state index is 11.1. The number of aryl methyl sites for hydroxylation is 1. The summed E-state index contributed by atoms with van der Waals surface area (Å²) in [5, 5.41) is 19.9. The maximum Gasteiger partial charge on any atom is 0.350 e. The quantitative estimate of drug-likeness (QED) is 0.669. The first-order valence-corrected chi connectivity index (χ1v) is 6.17. The standard InChI is InChI=1S/C14H15N3O3/c1-11-2-4-12(5-3-11)6-7-13-14(17(19)20)16(8-9-18)10-15-13/h2-7,10,18H,8-9H2,1H3/b7-6+. The van der Waals surface area contributed by atoms with Crippen LogP contribution in [0.1, 0.15) is 16.8 Å². The molecule has 0 aliphatic carbocycles. The Bertz CT molecular complexity index is 630. The van der Waals surface area contributed by atoms with Crippen LogP contribution in [0.4, 0.5) is 5.82 Å². The third-order valence-electron chi connectivity index (χ3n) is 2.86. The maximum atomic E-state index is 11.1. The first-order chi connectivity index (χ1) is 9.61. The fourth-order valence-corrected chi connectivity index (χ4v) is 1.83. The van der Waals surface area contributed by atoms with Crippen molar-refractivity contribution in [1.29, 1.82) is 0 Å². The summed E-state index contributed by atoms with van der Waals surface area (Å²) in [7, 11) is 0. The van der Waals surface area contributed by atoms with Gasteiger partial charge in [0.25, 0.3) is 0 Å². The molecule has 6 nitrogen and oxygen atoms in total. The minimum Gasteiger partial charge on any atom is -0.392 e. The van der Waals surface area contributed by atoms with E-state index in [0.717, 1.165) is 11.1 Å². The van der Waals surface area contributed by atoms with Gasteiger partial charge in [0, 0.05) is 0 Å². The van der Waals surface area contributed by atoms with Gasteiger partial charge < -0.3 is 15.2 Å². The van der Waals surface area contributed by atoms with Crippen LogP contribution in [-0.4, -0.2) is 26.2 Å². The lowest BCUT2D eigenvalue weighted by Gasteiger charge is -1.99. The Hall–Kier alpha value is -2.47. The van der Waals surface area contributed by atoms with Gasteiger partial charge in [-0.3, -0.25) is 0 Å². The highest BCUT2D eigenvalue weighted by atomic mass is 16.6. The summed E-state index contributed by atoms with van der Waals surface area (Å²) in [6.07, 6.45) is 4.75. The molecule has 0 atom stereocenters. The van der Waals surface area contributed by atoms with Gasteiger partial charge in [-0.25, -0.2) is 9.55 Å². The summed E-state index contributed by atoms with van der Waals surface area (Å²) in [5.74, 6) is -0.109. The highest BCUT2D eigenvalue weighted by Gasteiger charge is 2.19. The normalized spacial score (nSPS) is 11.1. The average molecular weight is 273 g/mol. The molecule has 0 saturated carbocycles. The highest BCUT2D eigenvalue weighted by Crippen LogP contribution is 2.20. The predicted molar refractivity (Wildman–Crippen MR) is 76.1 cm³/mol. The number of aliphatic hydroxyl groups is 1. The zero-order valence-corrected chi connectivity index (χ0v) is 11.1. The Morgan fingerprint density at radius 1 is 1.35 bits per heavy atom. The van der Waals surface area contributed by atoms with Crippen molar-refractivity contribution < 1.29 is 10.0 Å². The van der Waals surface area contributed by atoms with Gasteiger partial charge in [-0.2, -0.15) is 0 Å². The first kappa shape index (κ1) is 14.0. The lowest BCUT2D eigenvalue weighted by atomic mass is 10.1. The van der Waals surface area contributed by atoms with Crippen molar-refractivity contribution in [3.8, 4) is 0 Å². The Kier molecular flexibility index (Phi) is 4.27. The van der Waals surface area contributed by atoms with Crippen LogP contribution in [0, 0.1) is 17.0 Å². The van der Waals surface area contributed by atoms with Gasteiger partial charge in [0.2, 0.25) is 0 Å². The molecule has 1 heterocycles. The van der Waals surface area contributed by atoms with Gasteiger partial charge in [0.15, 0.2) is 12.0 Å². The van der Waals surface area contributed by atoms with Crippen molar-refractivity contribution in [3.05, 3.63) is 57.5 Å². The van der Waals surface area contributed by atoms with Gasteiger partial charge in [-0.15, -0.1) is 0 Å². The molecule has 0 aliphatic rings. The van der Waals surface area contributed by atoms with Crippen molar-refractivity contribution in [2.75, 3.05) is 6.61 Å². The van der Waals surface area contributed by atoms with E-state index in [9.17, 15) is 10.1 Å². The van der Waals surface area contributed by atoms with Crippen molar-refractivity contribution in [1.82, 2.24) is 9.55 Å². The van der Waals surface area contributed by atoms with Gasteiger partial charge in [0.05, 0.1) is 6.61 Å². The van der Waals surface area contributed by atoms with Gasteiger partial charge in [-0.05, 0) is 23.5 Å². The van der Waals surface area contributed by atoms with Crippen LogP contribution in [0.5, 0.6) is 0 Å². The molecule has 0 radical (unpaired) electrons. The molecule has 0 aliphatic heterocycles. The molecule has 1 aromatic carbocycles. The molecule has 0 bridgehead atoms. The number of aliphatic hydroxyl groups excluding tert-OH is 1. The molecule has 0 amide bonds. The molecule has 6 heteroatoms. The summed E-state index contributed by atoms with van der Waals surface area (Å²) in [6.45, 7) is 1.98. The number of imidazole rings is 1. The Balaban J connectivity index is 2.29. The zero-order valence-electron chi connectivity index (χ0n) is 11.1. The van der Waals surface area contributed by atoms with E-state index in [2.05, 4.69) is 4.98 Å². The van der Waals surface area contributed by atoms with Crippen LogP contribution < -0.4 is 0 Å². The van der Waals surface area contributed by atoms with E-state index >= 15 is 0 Å². The number of aromatic nitrogens is 2. The number of nitrogens with zero attached hydrogens (tertiary/aromatic N) is 3. The largest absolute Gasteiger partial charge is 0.392 e. The second-order valence-electron chi connectivity index (χ2n) is 4.37. The minimum absolute atomic E-state index is 0.109. The second kappa shape index (κ2) is 6.12. The average Bonchev–Trinajstić information content (AvgIpc) is 2.82. The molecule has 2 rings (SSSR count). The third kappa shape index (κ3) is 3.10. The number of hydrogen-bond acceptors (Lipinski definition) is 4. The van der Waals surface area contributed by atoms with E-state index in [4.69, 9.17) is 5.11 Å². The molecule has 0 saturated heterocycles. The third-order valence-corrected chi connectivity index (χ3v) is 2.86.